The summed E-state index contributed by atoms with van der Waals surface area (Å²) in [6.45, 7) is 3.30. The molecule has 0 spiro atoms. The lowest BCUT2D eigenvalue weighted by Gasteiger charge is -2.23. The number of methoxy groups -OCH3 is 1. The third-order valence-corrected chi connectivity index (χ3v) is 3.14. The number of phenols is 1. The van der Waals surface area contributed by atoms with Crippen molar-refractivity contribution < 1.29 is 15.2 Å². The van der Waals surface area contributed by atoms with E-state index in [0.29, 0.717) is 11.8 Å². The molecule has 0 bridgehead atoms. The minimum absolute atomic E-state index is 0.255. The molecule has 1 aliphatic rings. The summed E-state index contributed by atoms with van der Waals surface area (Å²) >= 11 is 0. The van der Waals surface area contributed by atoms with E-state index in [0.717, 1.165) is 19.4 Å². The first kappa shape index (κ1) is 10.3. The summed E-state index contributed by atoms with van der Waals surface area (Å²) in [7, 11) is 1.59. The van der Waals surface area contributed by atoms with Crippen LogP contribution >= 0.6 is 0 Å². The minimum atomic E-state index is 0.255. The number of fused-ring (bicyclic) bond motifs is 1. The van der Waals surface area contributed by atoms with Gasteiger partial charge in [-0.25, -0.2) is 0 Å². The first-order chi connectivity index (χ1) is 7.26. The fourth-order valence-corrected chi connectivity index (χ4v) is 2.31. The Labute approximate surface area is 90.1 Å². The molecule has 0 aromatic heterocycles. The van der Waals surface area contributed by atoms with Crippen LogP contribution in [0.4, 0.5) is 0 Å². The number of aromatic hydroxyl groups is 1. The van der Waals surface area contributed by atoms with Crippen molar-refractivity contribution >= 4 is 0 Å². The Hall–Kier alpha value is -1.22. The number of benzene rings is 1. The number of phenolic OH excluding ortho intramolecular Hbond substituents is 1. The molecule has 0 fully saturated rings. The van der Waals surface area contributed by atoms with Crippen molar-refractivity contribution in [2.75, 3.05) is 13.7 Å². The summed E-state index contributed by atoms with van der Waals surface area (Å²) in [5, 5.41) is 12.1. The Morgan fingerprint density at radius 2 is 2.33 bits per heavy atom. The summed E-state index contributed by atoms with van der Waals surface area (Å²) in [6.07, 6.45) is 2.15. The highest BCUT2D eigenvalue weighted by Gasteiger charge is 2.23. The van der Waals surface area contributed by atoms with E-state index in [-0.39, 0.29) is 5.75 Å². The van der Waals surface area contributed by atoms with E-state index in [1.165, 1.54) is 11.1 Å². The van der Waals surface area contributed by atoms with Crippen molar-refractivity contribution in [3.63, 3.8) is 0 Å². The van der Waals surface area contributed by atoms with Crippen LogP contribution in [0.15, 0.2) is 12.1 Å². The zero-order chi connectivity index (χ0) is 10.8. The maximum Gasteiger partial charge on any atom is 0.160 e. The molecular weight excluding hydrogens is 190 g/mol. The normalized spacial score (nSPS) is 19.7. The lowest BCUT2D eigenvalue weighted by Crippen LogP contribution is -2.87. The minimum Gasteiger partial charge on any atom is -0.504 e. The predicted octanol–water partition coefficient (Wildman–Crippen LogP) is 0.971. The zero-order valence-corrected chi connectivity index (χ0v) is 9.29. The number of ether oxygens (including phenoxy) is 1. The van der Waals surface area contributed by atoms with Crippen LogP contribution < -0.4 is 10.1 Å². The molecule has 1 aliphatic heterocycles. The number of hydrogen-bond acceptors (Lipinski definition) is 2. The SMILES string of the molecule is CCC1[NH2+]CCc2cc(OC)c(O)cc21. The van der Waals surface area contributed by atoms with Gasteiger partial charge in [0.05, 0.1) is 13.7 Å². The van der Waals surface area contributed by atoms with E-state index in [1.807, 2.05) is 12.1 Å². The number of quaternary nitrogens is 1. The Kier molecular flexibility index (Phi) is 2.82. The van der Waals surface area contributed by atoms with Gasteiger partial charge in [-0.05, 0) is 17.7 Å². The quantitative estimate of drug-likeness (QED) is 0.760. The Bertz CT molecular complexity index is 363. The van der Waals surface area contributed by atoms with Gasteiger partial charge < -0.3 is 15.2 Å². The van der Waals surface area contributed by atoms with Crippen LogP contribution in [0.1, 0.15) is 30.5 Å². The van der Waals surface area contributed by atoms with Crippen molar-refractivity contribution in [1.29, 1.82) is 0 Å². The number of hydrogen-bond donors (Lipinski definition) is 2. The van der Waals surface area contributed by atoms with Crippen LogP contribution in [0.5, 0.6) is 11.5 Å². The van der Waals surface area contributed by atoms with E-state index >= 15 is 0 Å². The van der Waals surface area contributed by atoms with Crippen molar-refractivity contribution in [3.8, 4) is 11.5 Å². The van der Waals surface area contributed by atoms with Gasteiger partial charge in [0.25, 0.3) is 0 Å². The average Bonchev–Trinajstić information content (AvgIpc) is 2.27. The van der Waals surface area contributed by atoms with E-state index < -0.39 is 0 Å². The summed E-state index contributed by atoms with van der Waals surface area (Å²) in [5.41, 5.74) is 2.58. The monoisotopic (exact) mass is 208 g/mol. The van der Waals surface area contributed by atoms with Gasteiger partial charge in [-0.2, -0.15) is 0 Å². The van der Waals surface area contributed by atoms with Gasteiger partial charge in [-0.1, -0.05) is 6.92 Å². The van der Waals surface area contributed by atoms with Crippen LogP contribution in [-0.2, 0) is 6.42 Å². The van der Waals surface area contributed by atoms with Gasteiger partial charge in [-0.3, -0.25) is 0 Å². The lowest BCUT2D eigenvalue weighted by molar-refractivity contribution is -0.699. The van der Waals surface area contributed by atoms with Crippen LogP contribution in [0.2, 0.25) is 0 Å². The molecule has 1 atom stereocenters. The van der Waals surface area contributed by atoms with Crippen molar-refractivity contribution in [3.05, 3.63) is 23.3 Å². The molecule has 0 saturated carbocycles. The molecule has 1 unspecified atom stereocenters. The maximum atomic E-state index is 9.74. The highest BCUT2D eigenvalue weighted by Crippen LogP contribution is 2.33. The average molecular weight is 208 g/mol. The molecule has 1 aromatic carbocycles. The first-order valence-corrected chi connectivity index (χ1v) is 5.49. The van der Waals surface area contributed by atoms with Crippen molar-refractivity contribution in [1.82, 2.24) is 0 Å². The molecule has 82 valence electrons. The molecule has 1 heterocycles. The van der Waals surface area contributed by atoms with Gasteiger partial charge in [-0.15, -0.1) is 0 Å². The molecule has 15 heavy (non-hydrogen) atoms. The number of nitrogens with two attached hydrogens (primary N) is 1. The second-order valence-electron chi connectivity index (χ2n) is 4.01. The topological polar surface area (TPSA) is 46.1 Å². The Balaban J connectivity index is 2.45. The van der Waals surface area contributed by atoms with E-state index in [1.54, 1.807) is 7.11 Å². The van der Waals surface area contributed by atoms with E-state index in [4.69, 9.17) is 4.74 Å². The molecule has 3 heteroatoms. The van der Waals surface area contributed by atoms with Crippen LogP contribution in [0, 0.1) is 0 Å². The molecule has 3 N–H and O–H groups in total. The van der Waals surface area contributed by atoms with Crippen LogP contribution in [0.25, 0.3) is 0 Å². The molecule has 0 radical (unpaired) electrons. The second kappa shape index (κ2) is 4.11. The molecule has 1 aromatic rings. The van der Waals surface area contributed by atoms with Crippen molar-refractivity contribution in [2.24, 2.45) is 0 Å². The lowest BCUT2D eigenvalue weighted by atomic mass is 9.92. The second-order valence-corrected chi connectivity index (χ2v) is 4.01. The summed E-state index contributed by atoms with van der Waals surface area (Å²) in [6, 6.07) is 4.32. The van der Waals surface area contributed by atoms with Gasteiger partial charge in [0, 0.05) is 18.4 Å². The first-order valence-electron chi connectivity index (χ1n) is 5.49. The molecule has 0 amide bonds. The van der Waals surface area contributed by atoms with Gasteiger partial charge in [0.1, 0.15) is 6.04 Å². The van der Waals surface area contributed by atoms with Gasteiger partial charge in [0.2, 0.25) is 0 Å². The fourth-order valence-electron chi connectivity index (χ4n) is 2.31. The van der Waals surface area contributed by atoms with E-state index in [9.17, 15) is 5.11 Å². The molecular formula is C12H18NO2+. The third-order valence-electron chi connectivity index (χ3n) is 3.14. The van der Waals surface area contributed by atoms with Crippen molar-refractivity contribution in [2.45, 2.75) is 25.8 Å². The predicted molar refractivity (Wildman–Crippen MR) is 58.2 cm³/mol. The molecule has 0 saturated heterocycles. The molecule has 0 aliphatic carbocycles. The van der Waals surface area contributed by atoms with Crippen LogP contribution in [-0.4, -0.2) is 18.8 Å². The fraction of sp³-hybridized carbons (Fsp3) is 0.500. The zero-order valence-electron chi connectivity index (χ0n) is 9.29. The standard InChI is InChI=1S/C12H17NO2/c1-3-10-9-7-11(14)12(15-2)6-8(9)4-5-13-10/h6-7,10,13-14H,3-5H2,1-2H3/p+1. The Morgan fingerprint density at radius 3 is 3.00 bits per heavy atom. The van der Waals surface area contributed by atoms with E-state index in [2.05, 4.69) is 12.2 Å². The highest BCUT2D eigenvalue weighted by molar-refractivity contribution is 5.47. The summed E-state index contributed by atoms with van der Waals surface area (Å²) in [5.74, 6) is 0.843. The molecule has 3 nitrogen and oxygen atoms in total. The van der Waals surface area contributed by atoms with Crippen LogP contribution in [0.3, 0.4) is 0 Å². The third kappa shape index (κ3) is 1.79. The molecule has 2 rings (SSSR count). The Morgan fingerprint density at radius 1 is 1.53 bits per heavy atom. The highest BCUT2D eigenvalue weighted by atomic mass is 16.5. The summed E-state index contributed by atoms with van der Waals surface area (Å²) < 4.78 is 5.12. The smallest absolute Gasteiger partial charge is 0.160 e. The largest absolute Gasteiger partial charge is 0.504 e. The number of rotatable bonds is 2. The maximum absolute atomic E-state index is 9.74. The van der Waals surface area contributed by atoms with Gasteiger partial charge in [0.15, 0.2) is 11.5 Å². The van der Waals surface area contributed by atoms with Gasteiger partial charge >= 0.3 is 0 Å². The summed E-state index contributed by atoms with van der Waals surface area (Å²) in [4.78, 5) is 0.